The molecule has 2 aromatic carbocycles. The molecule has 11 heteroatoms. The summed E-state index contributed by atoms with van der Waals surface area (Å²) >= 11 is 10.6. The molecule has 1 atom stereocenters. The molecule has 176 valence electrons. The van der Waals surface area contributed by atoms with Crippen LogP contribution in [0.5, 0.6) is 0 Å². The van der Waals surface area contributed by atoms with Crippen LogP contribution in [0.15, 0.2) is 42.5 Å². The molecule has 0 saturated heterocycles. The Morgan fingerprint density at radius 2 is 1.76 bits per heavy atom. The van der Waals surface area contributed by atoms with E-state index in [9.17, 15) is 15.0 Å². The molecule has 0 spiro atoms. The summed E-state index contributed by atoms with van der Waals surface area (Å²) in [6.07, 6.45) is -0.621. The fourth-order valence-corrected chi connectivity index (χ4v) is 4.47. The van der Waals surface area contributed by atoms with Gasteiger partial charge in [-0.3, -0.25) is 14.8 Å². The van der Waals surface area contributed by atoms with Crippen molar-refractivity contribution >= 4 is 41.8 Å². The number of benzene rings is 2. The third kappa shape index (κ3) is 7.53. The number of carboxylic acid groups (broad SMARTS) is 1. The van der Waals surface area contributed by atoms with E-state index in [0.717, 1.165) is 34.6 Å². The Hall–Kier alpha value is -1.95. The number of aromatic nitrogens is 3. The summed E-state index contributed by atoms with van der Waals surface area (Å²) in [6, 6.07) is 13.8. The summed E-state index contributed by atoms with van der Waals surface area (Å²) in [5, 5.41) is 30.2. The first kappa shape index (κ1) is 28.3. The Labute approximate surface area is 231 Å². The van der Waals surface area contributed by atoms with E-state index >= 15 is 0 Å². The summed E-state index contributed by atoms with van der Waals surface area (Å²) in [4.78, 5) is 13.0. The molecule has 3 rings (SSSR count). The number of aryl methyl sites for hydroxylation is 2. The number of anilines is 2. The number of aromatic amines is 2. The van der Waals surface area contributed by atoms with Crippen LogP contribution in [0.4, 0.5) is 11.4 Å². The normalized spacial score (nSPS) is 11.5. The summed E-state index contributed by atoms with van der Waals surface area (Å²) in [5.74, 6) is -1.26. The van der Waals surface area contributed by atoms with Crippen LogP contribution in [0.2, 0.25) is 0 Å². The molecule has 1 aromatic heterocycles. The zero-order valence-electron chi connectivity index (χ0n) is 19.6. The molecule has 1 unspecified atom stereocenters. The third-order valence-corrected chi connectivity index (χ3v) is 5.88. The number of aliphatic hydroxyl groups is 1. The van der Waals surface area contributed by atoms with Gasteiger partial charge in [0.05, 0.1) is 11.8 Å². The van der Waals surface area contributed by atoms with Gasteiger partial charge in [-0.1, -0.05) is 24.3 Å². The van der Waals surface area contributed by atoms with E-state index in [1.165, 1.54) is 0 Å². The van der Waals surface area contributed by atoms with Gasteiger partial charge in [0.15, 0.2) is 9.54 Å². The second-order valence-electron chi connectivity index (χ2n) is 7.94. The van der Waals surface area contributed by atoms with Gasteiger partial charge < -0.3 is 25.2 Å². The maximum absolute atomic E-state index is 10.9. The zero-order chi connectivity index (χ0) is 24.0. The number of aliphatic carboxylic acids is 1. The summed E-state index contributed by atoms with van der Waals surface area (Å²) < 4.78 is 2.74. The predicted molar refractivity (Wildman–Crippen MR) is 133 cm³/mol. The van der Waals surface area contributed by atoms with Crippen molar-refractivity contribution in [3.63, 3.8) is 0 Å². The monoisotopic (exact) mass is 509 g/mol. The molecule has 0 bridgehead atoms. The Morgan fingerprint density at radius 3 is 2.38 bits per heavy atom. The molecule has 8 nitrogen and oxygen atoms in total. The van der Waals surface area contributed by atoms with Crippen LogP contribution >= 0.6 is 24.4 Å². The van der Waals surface area contributed by atoms with Crippen LogP contribution in [-0.2, 0) is 4.79 Å². The number of rotatable bonds is 11. The van der Waals surface area contributed by atoms with Gasteiger partial charge in [0.1, 0.15) is 0 Å². The van der Waals surface area contributed by atoms with Gasteiger partial charge in [0, 0.05) is 43.4 Å². The van der Waals surface area contributed by atoms with Crippen LogP contribution in [0.1, 0.15) is 24.0 Å². The number of H-pyrrole nitrogens is 2. The SMILES string of the molecule is Cc1cccc(C)c1N(CCCNc1cccc(-n2c(=S)[nH][nH]c2=S)c1)CC(O)CC(=O)[O-].[Na+]. The molecule has 0 aliphatic heterocycles. The third-order valence-electron chi connectivity index (χ3n) is 5.31. The average Bonchev–Trinajstić information content (AvgIpc) is 3.08. The van der Waals surface area contributed by atoms with Gasteiger partial charge in [-0.25, -0.2) is 0 Å². The number of carbonyl (C=O) groups excluding carboxylic acids is 1. The number of carboxylic acids is 1. The van der Waals surface area contributed by atoms with E-state index in [4.69, 9.17) is 24.4 Å². The van der Waals surface area contributed by atoms with Crippen molar-refractivity contribution < 1.29 is 44.6 Å². The fourth-order valence-electron chi connectivity index (χ4n) is 3.91. The van der Waals surface area contributed by atoms with E-state index < -0.39 is 18.5 Å². The molecule has 34 heavy (non-hydrogen) atoms. The minimum absolute atomic E-state index is 0. The minimum Gasteiger partial charge on any atom is -0.550 e. The Balaban J connectivity index is 0.00000408. The predicted octanol–water partition coefficient (Wildman–Crippen LogP) is 0.0228. The van der Waals surface area contributed by atoms with Crippen molar-refractivity contribution in [3.05, 3.63) is 63.1 Å². The van der Waals surface area contributed by atoms with Crippen molar-refractivity contribution in [1.29, 1.82) is 0 Å². The molecule has 4 N–H and O–H groups in total. The van der Waals surface area contributed by atoms with E-state index in [-0.39, 0.29) is 36.1 Å². The Kier molecular flexibility index (Phi) is 11.0. The van der Waals surface area contributed by atoms with Crippen molar-refractivity contribution in [2.45, 2.75) is 32.8 Å². The first-order valence-electron chi connectivity index (χ1n) is 10.7. The molecule has 0 aliphatic carbocycles. The molecule has 0 fully saturated rings. The van der Waals surface area contributed by atoms with Gasteiger partial charge in [0.25, 0.3) is 0 Å². The first-order valence-corrected chi connectivity index (χ1v) is 11.5. The van der Waals surface area contributed by atoms with Gasteiger partial charge in [-0.05, 0) is 74.0 Å². The number of para-hydroxylation sites is 1. The van der Waals surface area contributed by atoms with Crippen LogP contribution in [0.25, 0.3) is 5.69 Å². The molecule has 0 radical (unpaired) electrons. The van der Waals surface area contributed by atoms with Crippen molar-refractivity contribution in [2.24, 2.45) is 0 Å². The molecule has 1 heterocycles. The van der Waals surface area contributed by atoms with Crippen LogP contribution in [-0.4, -0.2) is 51.6 Å². The minimum atomic E-state index is -1.26. The number of aliphatic hydroxyl groups excluding tert-OH is 1. The zero-order valence-corrected chi connectivity index (χ0v) is 23.3. The van der Waals surface area contributed by atoms with E-state index in [0.29, 0.717) is 22.6 Å². The molecular formula is C23H28N5NaO3S2. The maximum atomic E-state index is 10.9. The topological polar surface area (TPSA) is 112 Å². The van der Waals surface area contributed by atoms with E-state index in [1.807, 2.05) is 56.3 Å². The molecule has 0 amide bonds. The number of nitrogens with one attached hydrogen (secondary N) is 3. The molecule has 3 aromatic rings. The molecular weight excluding hydrogens is 481 g/mol. The Bertz CT molecular complexity index is 1180. The smallest absolute Gasteiger partial charge is 0.550 e. The van der Waals surface area contributed by atoms with Crippen molar-refractivity contribution in [2.75, 3.05) is 29.9 Å². The van der Waals surface area contributed by atoms with Gasteiger partial charge in [-0.15, -0.1) is 0 Å². The number of nitrogens with zero attached hydrogens (tertiary/aromatic N) is 2. The van der Waals surface area contributed by atoms with Gasteiger partial charge >= 0.3 is 29.6 Å². The van der Waals surface area contributed by atoms with Gasteiger partial charge in [-0.2, -0.15) is 0 Å². The number of hydrogen-bond acceptors (Lipinski definition) is 7. The standard InChI is InChI=1S/C23H29N5O3S2.Na/c1-15-6-3-7-16(2)21(15)27(14-19(29)13-20(30)31)11-5-10-24-17-8-4-9-18(12-17)28-22(32)25-26-23(28)33;/h3-4,6-9,12,19,24,29H,5,10-11,13-14H2,1-2H3,(H,25,32)(H,26,33)(H,30,31);/q;+1/p-1. The Morgan fingerprint density at radius 1 is 1.15 bits per heavy atom. The van der Waals surface area contributed by atoms with Gasteiger partial charge in [0.2, 0.25) is 0 Å². The number of hydrogen-bond donors (Lipinski definition) is 4. The van der Waals surface area contributed by atoms with Crippen LogP contribution < -0.4 is 44.9 Å². The summed E-state index contributed by atoms with van der Waals surface area (Å²) in [6.45, 7) is 5.59. The quantitative estimate of drug-likeness (QED) is 0.164. The summed E-state index contributed by atoms with van der Waals surface area (Å²) in [7, 11) is 0. The van der Waals surface area contributed by atoms with Crippen LogP contribution in [0.3, 0.4) is 0 Å². The van der Waals surface area contributed by atoms with Crippen LogP contribution in [0, 0.1) is 23.4 Å². The molecule has 0 aliphatic rings. The average molecular weight is 510 g/mol. The second kappa shape index (κ2) is 13.2. The largest absolute Gasteiger partial charge is 1.00 e. The van der Waals surface area contributed by atoms with Crippen molar-refractivity contribution in [1.82, 2.24) is 14.8 Å². The van der Waals surface area contributed by atoms with Crippen molar-refractivity contribution in [3.8, 4) is 5.69 Å². The number of carbonyl (C=O) groups is 1. The van der Waals surface area contributed by atoms with E-state index in [1.54, 1.807) is 4.57 Å². The maximum Gasteiger partial charge on any atom is 1.00 e. The first-order chi connectivity index (χ1) is 15.8. The fraction of sp³-hybridized carbons (Fsp3) is 0.348. The van der Waals surface area contributed by atoms with E-state index in [2.05, 4.69) is 20.4 Å². The second-order valence-corrected chi connectivity index (χ2v) is 8.72. The summed E-state index contributed by atoms with van der Waals surface area (Å²) in [5.41, 5.74) is 4.97. The molecule has 0 saturated carbocycles.